The summed E-state index contributed by atoms with van der Waals surface area (Å²) in [7, 11) is 0. The molecule has 0 unspecified atom stereocenters. The molecular formula is C23H19Cl2N5O. The van der Waals surface area contributed by atoms with Crippen LogP contribution in [0.2, 0.25) is 10.0 Å². The fraction of sp³-hybridized carbons (Fsp3) is 0.130. The summed E-state index contributed by atoms with van der Waals surface area (Å²) in [6.45, 7) is 4.74. The lowest BCUT2D eigenvalue weighted by molar-refractivity contribution is 0.0956. The molecule has 31 heavy (non-hydrogen) atoms. The number of halogens is 2. The van der Waals surface area contributed by atoms with E-state index in [1.807, 2.05) is 48.9 Å². The normalized spacial score (nSPS) is 11.4. The number of carbonyl (C=O) groups excluding carboxylic acids is 1. The number of hydrogen-bond acceptors (Lipinski definition) is 4. The number of rotatable bonds is 5. The van der Waals surface area contributed by atoms with Gasteiger partial charge in [-0.25, -0.2) is 10.4 Å². The van der Waals surface area contributed by atoms with E-state index in [9.17, 15) is 4.79 Å². The van der Waals surface area contributed by atoms with Crippen LogP contribution in [0.5, 0.6) is 0 Å². The van der Waals surface area contributed by atoms with Gasteiger partial charge < -0.3 is 0 Å². The van der Waals surface area contributed by atoms with Gasteiger partial charge in [-0.15, -0.1) is 0 Å². The van der Waals surface area contributed by atoms with E-state index in [4.69, 9.17) is 23.2 Å². The Hall–Kier alpha value is -3.22. The van der Waals surface area contributed by atoms with Gasteiger partial charge in [0.2, 0.25) is 0 Å². The molecule has 0 atom stereocenters. The molecule has 2 heterocycles. The Morgan fingerprint density at radius 2 is 1.97 bits per heavy atom. The average molecular weight is 452 g/mol. The largest absolute Gasteiger partial charge is 0.272 e. The number of aromatic nitrogens is 3. The van der Waals surface area contributed by atoms with Gasteiger partial charge in [-0.05, 0) is 38.1 Å². The molecule has 0 aliphatic heterocycles. The van der Waals surface area contributed by atoms with Crippen molar-refractivity contribution < 1.29 is 4.79 Å². The van der Waals surface area contributed by atoms with Crippen molar-refractivity contribution in [2.75, 3.05) is 0 Å². The third-order valence-electron chi connectivity index (χ3n) is 4.99. The highest BCUT2D eigenvalue weighted by molar-refractivity contribution is 6.42. The Kier molecular flexibility index (Phi) is 6.02. The SMILES string of the molecule is CCn1ncc(C=NNC(=O)c2cc(-c3ccc(Cl)c(Cl)c3)nc3ccccc23)c1C. The number of aryl methyl sites for hydroxylation is 1. The maximum Gasteiger partial charge on any atom is 0.272 e. The zero-order valence-corrected chi connectivity index (χ0v) is 18.4. The van der Waals surface area contributed by atoms with Crippen LogP contribution in [0.25, 0.3) is 22.2 Å². The number of amides is 1. The Morgan fingerprint density at radius 1 is 1.16 bits per heavy atom. The average Bonchev–Trinajstić information content (AvgIpc) is 3.14. The second kappa shape index (κ2) is 8.88. The molecule has 4 aromatic rings. The Morgan fingerprint density at radius 3 is 2.71 bits per heavy atom. The van der Waals surface area contributed by atoms with Crippen LogP contribution >= 0.6 is 23.2 Å². The molecule has 0 bridgehead atoms. The summed E-state index contributed by atoms with van der Waals surface area (Å²) in [5, 5.41) is 10.0. The molecule has 0 saturated carbocycles. The predicted molar refractivity (Wildman–Crippen MR) is 125 cm³/mol. The van der Waals surface area contributed by atoms with Gasteiger partial charge in [0.1, 0.15) is 0 Å². The molecule has 2 aromatic carbocycles. The number of nitrogens with one attached hydrogen (secondary N) is 1. The molecule has 0 radical (unpaired) electrons. The summed E-state index contributed by atoms with van der Waals surface area (Å²) in [6, 6.07) is 14.4. The van der Waals surface area contributed by atoms with Crippen LogP contribution in [0.1, 0.15) is 28.5 Å². The highest BCUT2D eigenvalue weighted by Crippen LogP contribution is 2.30. The molecule has 2 aromatic heterocycles. The number of carbonyl (C=O) groups is 1. The Bertz CT molecular complexity index is 1310. The van der Waals surface area contributed by atoms with E-state index in [1.165, 1.54) is 0 Å². The lowest BCUT2D eigenvalue weighted by Gasteiger charge is -2.09. The zero-order valence-electron chi connectivity index (χ0n) is 16.9. The number of para-hydroxylation sites is 1. The van der Waals surface area contributed by atoms with Crippen LogP contribution in [-0.2, 0) is 6.54 Å². The number of nitrogens with zero attached hydrogens (tertiary/aromatic N) is 4. The lowest BCUT2D eigenvalue weighted by Crippen LogP contribution is -2.18. The number of benzene rings is 2. The highest BCUT2D eigenvalue weighted by Gasteiger charge is 2.14. The van der Waals surface area contributed by atoms with Crippen molar-refractivity contribution in [2.45, 2.75) is 20.4 Å². The molecule has 0 aliphatic rings. The molecule has 0 saturated heterocycles. The van der Waals surface area contributed by atoms with Gasteiger partial charge in [-0.3, -0.25) is 9.48 Å². The molecule has 6 nitrogen and oxygen atoms in total. The summed E-state index contributed by atoms with van der Waals surface area (Å²) >= 11 is 12.2. The summed E-state index contributed by atoms with van der Waals surface area (Å²) in [4.78, 5) is 17.7. The number of pyridine rings is 1. The van der Waals surface area contributed by atoms with Crippen molar-refractivity contribution in [1.29, 1.82) is 0 Å². The van der Waals surface area contributed by atoms with Crippen molar-refractivity contribution in [1.82, 2.24) is 20.2 Å². The maximum atomic E-state index is 13.0. The molecule has 156 valence electrons. The Balaban J connectivity index is 1.68. The first-order chi connectivity index (χ1) is 15.0. The second-order valence-corrected chi connectivity index (χ2v) is 7.72. The van der Waals surface area contributed by atoms with Gasteiger partial charge in [-0.1, -0.05) is 47.5 Å². The fourth-order valence-electron chi connectivity index (χ4n) is 3.29. The standard InChI is InChI=1S/C23H19Cl2N5O/c1-3-30-14(2)16(13-27-30)12-26-29-23(31)18-11-22(15-8-9-19(24)20(25)10-15)28-21-7-5-4-6-17(18)21/h4-13H,3H2,1-2H3,(H,29,31). The van der Waals surface area contributed by atoms with E-state index in [1.54, 1.807) is 30.6 Å². The predicted octanol–water partition coefficient (Wildman–Crippen LogP) is 5.50. The van der Waals surface area contributed by atoms with Gasteiger partial charge in [0.05, 0.1) is 39.2 Å². The van der Waals surface area contributed by atoms with Crippen LogP contribution < -0.4 is 5.43 Å². The van der Waals surface area contributed by atoms with Gasteiger partial charge in [0, 0.05) is 28.8 Å². The van der Waals surface area contributed by atoms with Crippen LogP contribution in [-0.4, -0.2) is 26.9 Å². The van der Waals surface area contributed by atoms with Gasteiger partial charge in [0.15, 0.2) is 0 Å². The van der Waals surface area contributed by atoms with Gasteiger partial charge >= 0.3 is 0 Å². The minimum Gasteiger partial charge on any atom is -0.269 e. The molecule has 0 spiro atoms. The van der Waals surface area contributed by atoms with E-state index < -0.39 is 0 Å². The summed E-state index contributed by atoms with van der Waals surface area (Å²) in [5.41, 5.74) is 6.98. The van der Waals surface area contributed by atoms with Crippen molar-refractivity contribution in [3.8, 4) is 11.3 Å². The van der Waals surface area contributed by atoms with Crippen LogP contribution in [0.4, 0.5) is 0 Å². The monoisotopic (exact) mass is 451 g/mol. The van der Waals surface area contributed by atoms with E-state index >= 15 is 0 Å². The zero-order chi connectivity index (χ0) is 22.0. The van der Waals surface area contributed by atoms with Crippen LogP contribution in [0.3, 0.4) is 0 Å². The quantitative estimate of drug-likeness (QED) is 0.321. The first-order valence-electron chi connectivity index (χ1n) is 9.69. The lowest BCUT2D eigenvalue weighted by atomic mass is 10.0. The van der Waals surface area contributed by atoms with Crippen molar-refractivity contribution >= 4 is 46.2 Å². The van der Waals surface area contributed by atoms with Crippen LogP contribution in [0, 0.1) is 6.92 Å². The van der Waals surface area contributed by atoms with Crippen molar-refractivity contribution in [2.24, 2.45) is 5.10 Å². The molecule has 0 fully saturated rings. The minimum atomic E-state index is -0.336. The van der Waals surface area contributed by atoms with Crippen LogP contribution in [0.15, 0.2) is 59.8 Å². The maximum absolute atomic E-state index is 13.0. The first-order valence-corrected chi connectivity index (χ1v) is 10.4. The van der Waals surface area contributed by atoms with Gasteiger partial charge in [-0.2, -0.15) is 10.2 Å². The molecule has 0 aliphatic carbocycles. The highest BCUT2D eigenvalue weighted by atomic mass is 35.5. The smallest absolute Gasteiger partial charge is 0.269 e. The minimum absolute atomic E-state index is 0.336. The topological polar surface area (TPSA) is 72.2 Å². The summed E-state index contributed by atoms with van der Waals surface area (Å²) in [5.74, 6) is -0.336. The van der Waals surface area contributed by atoms with E-state index in [0.29, 0.717) is 26.8 Å². The Labute approximate surface area is 189 Å². The third kappa shape index (κ3) is 4.31. The third-order valence-corrected chi connectivity index (χ3v) is 5.73. The van der Waals surface area contributed by atoms with E-state index in [2.05, 4.69) is 20.6 Å². The van der Waals surface area contributed by atoms with Crippen molar-refractivity contribution in [3.63, 3.8) is 0 Å². The fourth-order valence-corrected chi connectivity index (χ4v) is 3.59. The molecule has 1 N–H and O–H groups in total. The number of hydrazone groups is 1. The molecule has 1 amide bonds. The first kappa shape index (κ1) is 21.0. The number of hydrogen-bond donors (Lipinski definition) is 1. The number of fused-ring (bicyclic) bond motifs is 1. The summed E-state index contributed by atoms with van der Waals surface area (Å²) in [6.07, 6.45) is 3.31. The van der Waals surface area contributed by atoms with E-state index in [0.717, 1.165) is 28.8 Å². The van der Waals surface area contributed by atoms with Crippen molar-refractivity contribution in [3.05, 3.63) is 81.6 Å². The molecular weight excluding hydrogens is 433 g/mol. The summed E-state index contributed by atoms with van der Waals surface area (Å²) < 4.78 is 1.86. The van der Waals surface area contributed by atoms with Gasteiger partial charge in [0.25, 0.3) is 5.91 Å². The molecule has 8 heteroatoms. The second-order valence-electron chi connectivity index (χ2n) is 6.90. The molecule has 4 rings (SSSR count). The van der Waals surface area contributed by atoms with E-state index in [-0.39, 0.29) is 5.91 Å².